The first-order valence-electron chi connectivity index (χ1n) is 13.2. The molecular weight excluding hydrogens is 525 g/mol. The minimum atomic E-state index is -4.43. The fourth-order valence-corrected chi connectivity index (χ4v) is 6.17. The van der Waals surface area contributed by atoms with Crippen LogP contribution in [0.25, 0.3) is 33.0 Å². The first kappa shape index (κ1) is 26.4. The molecule has 0 spiro atoms. The van der Waals surface area contributed by atoms with Crippen LogP contribution in [0.5, 0.6) is 0 Å². The lowest BCUT2D eigenvalue weighted by atomic mass is 9.86. The largest absolute Gasteiger partial charge is 0.462 e. The summed E-state index contributed by atoms with van der Waals surface area (Å²) in [6.07, 6.45) is -4.05. The number of piperidine rings is 1. The number of hydrogen-bond acceptors (Lipinski definition) is 3. The minimum absolute atomic E-state index is 0.193. The maximum absolute atomic E-state index is 14.8. The van der Waals surface area contributed by atoms with Gasteiger partial charge in [-0.25, -0.2) is 13.6 Å². The Bertz CT molecular complexity index is 1600. The van der Waals surface area contributed by atoms with Crippen molar-refractivity contribution in [2.24, 2.45) is 5.92 Å². The fourth-order valence-electron chi connectivity index (χ4n) is 6.17. The summed E-state index contributed by atoms with van der Waals surface area (Å²) >= 11 is 0. The highest BCUT2D eigenvalue weighted by molar-refractivity contribution is 6.04. The van der Waals surface area contributed by atoms with Gasteiger partial charge < -0.3 is 10.1 Å². The Morgan fingerprint density at radius 1 is 0.925 bits per heavy atom. The van der Waals surface area contributed by atoms with E-state index in [2.05, 4.69) is 5.32 Å². The summed E-state index contributed by atoms with van der Waals surface area (Å²) in [4.78, 5) is 12.7. The van der Waals surface area contributed by atoms with E-state index in [1.165, 1.54) is 12.1 Å². The lowest BCUT2D eigenvalue weighted by Crippen LogP contribution is -2.31. The molecule has 40 heavy (non-hydrogen) atoms. The number of benzene rings is 4. The van der Waals surface area contributed by atoms with Crippen molar-refractivity contribution in [1.29, 1.82) is 0 Å². The van der Waals surface area contributed by atoms with Gasteiger partial charge in [0.2, 0.25) is 0 Å². The summed E-state index contributed by atoms with van der Waals surface area (Å²) in [6.45, 7) is 2.74. The Labute approximate surface area is 228 Å². The number of halogens is 5. The highest BCUT2D eigenvalue weighted by Crippen LogP contribution is 2.69. The van der Waals surface area contributed by atoms with Crippen LogP contribution in [0.4, 0.5) is 22.0 Å². The highest BCUT2D eigenvalue weighted by atomic mass is 19.4. The van der Waals surface area contributed by atoms with E-state index in [-0.39, 0.29) is 6.61 Å². The zero-order valence-electron chi connectivity index (χ0n) is 21.6. The van der Waals surface area contributed by atoms with Crippen molar-refractivity contribution >= 4 is 16.7 Å². The molecule has 1 aliphatic heterocycles. The molecular formula is C32H26F5NO2. The molecule has 2 unspecified atom stereocenters. The lowest BCUT2D eigenvalue weighted by molar-refractivity contribution is -0.137. The Morgan fingerprint density at radius 3 is 2.25 bits per heavy atom. The van der Waals surface area contributed by atoms with Gasteiger partial charge in [-0.15, -0.1) is 0 Å². The van der Waals surface area contributed by atoms with E-state index in [1.807, 2.05) is 30.3 Å². The van der Waals surface area contributed by atoms with Gasteiger partial charge in [-0.05, 0) is 88.8 Å². The van der Waals surface area contributed by atoms with Gasteiger partial charge in [-0.1, -0.05) is 48.5 Å². The van der Waals surface area contributed by atoms with E-state index in [4.69, 9.17) is 4.74 Å². The zero-order valence-corrected chi connectivity index (χ0v) is 21.6. The molecule has 2 aliphatic rings. The van der Waals surface area contributed by atoms with E-state index in [0.29, 0.717) is 47.2 Å². The van der Waals surface area contributed by atoms with Gasteiger partial charge in [-0.3, -0.25) is 0 Å². The summed E-state index contributed by atoms with van der Waals surface area (Å²) in [5, 5.41) is 4.58. The maximum Gasteiger partial charge on any atom is 0.416 e. The smallest absolute Gasteiger partial charge is 0.416 e. The number of nitrogens with one attached hydrogen (secondary N) is 1. The highest BCUT2D eigenvalue weighted by Gasteiger charge is 2.80. The van der Waals surface area contributed by atoms with Gasteiger partial charge in [0.1, 0.15) is 0 Å². The molecule has 1 aliphatic carbocycles. The van der Waals surface area contributed by atoms with Gasteiger partial charge in [0, 0.05) is 6.54 Å². The predicted molar refractivity (Wildman–Crippen MR) is 143 cm³/mol. The second-order valence-corrected chi connectivity index (χ2v) is 10.4. The zero-order chi connectivity index (χ0) is 28.3. The molecule has 206 valence electrons. The third-order valence-electron chi connectivity index (χ3n) is 8.31. The number of rotatable bonds is 5. The first-order valence-corrected chi connectivity index (χ1v) is 13.2. The van der Waals surface area contributed by atoms with Gasteiger partial charge >= 0.3 is 12.1 Å². The van der Waals surface area contributed by atoms with Crippen LogP contribution in [0.15, 0.2) is 78.9 Å². The van der Waals surface area contributed by atoms with Gasteiger partial charge in [0.15, 0.2) is 0 Å². The van der Waals surface area contributed by atoms with Gasteiger partial charge in [-0.2, -0.15) is 13.2 Å². The van der Waals surface area contributed by atoms with Crippen LogP contribution < -0.4 is 5.32 Å². The van der Waals surface area contributed by atoms with Crippen LogP contribution in [0.1, 0.15) is 34.8 Å². The quantitative estimate of drug-likeness (QED) is 0.203. The van der Waals surface area contributed by atoms with Gasteiger partial charge in [0.05, 0.1) is 29.1 Å². The number of ether oxygens (including phenoxy) is 1. The monoisotopic (exact) mass is 551 g/mol. The van der Waals surface area contributed by atoms with Gasteiger partial charge in [0.25, 0.3) is 5.92 Å². The molecule has 4 aromatic carbocycles. The van der Waals surface area contributed by atoms with Crippen LogP contribution >= 0.6 is 0 Å². The summed E-state index contributed by atoms with van der Waals surface area (Å²) in [5.74, 6) is -3.96. The SMILES string of the molecule is CCOC(=O)c1cc(-c2ccc(C34CCNCC3C4(F)F)cc2)c2ccc(-c3ccc(C(F)(F)F)cc3)cc2c1. The van der Waals surface area contributed by atoms with Crippen molar-refractivity contribution in [1.82, 2.24) is 5.32 Å². The molecule has 1 saturated heterocycles. The molecule has 1 N–H and O–H groups in total. The number of hydrogen-bond donors (Lipinski definition) is 1. The summed E-state index contributed by atoms with van der Waals surface area (Å²) in [5.41, 5.74) is 1.85. The molecule has 0 aromatic heterocycles. The van der Waals surface area contributed by atoms with Crippen LogP contribution in [-0.4, -0.2) is 31.6 Å². The molecule has 8 heteroatoms. The Hall–Kier alpha value is -3.78. The van der Waals surface area contributed by atoms with Crippen molar-refractivity contribution in [3.63, 3.8) is 0 Å². The average Bonchev–Trinajstić information content (AvgIpc) is 3.47. The normalized spacial score (nSPS) is 21.6. The van der Waals surface area contributed by atoms with Crippen LogP contribution in [-0.2, 0) is 16.3 Å². The van der Waals surface area contributed by atoms with E-state index >= 15 is 0 Å². The third-order valence-corrected chi connectivity index (χ3v) is 8.31. The standard InChI is InChI=1S/C32H26F5NO2/c1-2-40-29(39)23-16-22-15-21(19-3-10-25(11-4-19)32(35,36)37)7-12-26(22)27(17-23)20-5-8-24(9-6-20)30-13-14-38-18-28(30)31(30,33)34/h3-12,15-17,28,38H,2,13-14,18H2,1H3. The predicted octanol–water partition coefficient (Wildman–Crippen LogP) is 7.87. The third kappa shape index (κ3) is 4.17. The van der Waals surface area contributed by atoms with Crippen molar-refractivity contribution in [3.05, 3.63) is 95.6 Å². The van der Waals surface area contributed by atoms with Crippen molar-refractivity contribution in [3.8, 4) is 22.3 Å². The molecule has 0 amide bonds. The molecule has 1 saturated carbocycles. The second-order valence-electron chi connectivity index (χ2n) is 10.4. The molecule has 3 nitrogen and oxygen atoms in total. The Kier molecular flexibility index (Phi) is 6.22. The topological polar surface area (TPSA) is 38.3 Å². The van der Waals surface area contributed by atoms with Crippen molar-refractivity contribution < 1.29 is 31.5 Å². The van der Waals surface area contributed by atoms with Crippen LogP contribution in [0.2, 0.25) is 0 Å². The summed E-state index contributed by atoms with van der Waals surface area (Å²) < 4.78 is 73.9. The average molecular weight is 552 g/mol. The molecule has 6 rings (SSSR count). The summed E-state index contributed by atoms with van der Waals surface area (Å²) in [6, 6.07) is 21.0. The van der Waals surface area contributed by atoms with E-state index < -0.39 is 35.0 Å². The Balaban J connectivity index is 1.42. The van der Waals surface area contributed by atoms with Crippen LogP contribution in [0.3, 0.4) is 0 Å². The minimum Gasteiger partial charge on any atom is -0.462 e. The number of esters is 1. The molecule has 2 fully saturated rings. The molecule has 0 bridgehead atoms. The Morgan fingerprint density at radius 2 is 1.60 bits per heavy atom. The van der Waals surface area contributed by atoms with Crippen molar-refractivity contribution in [2.75, 3.05) is 19.7 Å². The number of carbonyl (C=O) groups is 1. The number of carbonyl (C=O) groups excluding carboxylic acids is 1. The van der Waals surface area contributed by atoms with E-state index in [0.717, 1.165) is 28.6 Å². The van der Waals surface area contributed by atoms with Crippen molar-refractivity contribution in [2.45, 2.75) is 30.9 Å². The first-order chi connectivity index (χ1) is 19.1. The van der Waals surface area contributed by atoms with E-state index in [9.17, 15) is 26.7 Å². The second kappa shape index (κ2) is 9.41. The maximum atomic E-state index is 14.8. The van der Waals surface area contributed by atoms with Crippen LogP contribution in [0, 0.1) is 5.92 Å². The summed E-state index contributed by atoms with van der Waals surface area (Å²) in [7, 11) is 0. The fraction of sp³-hybridized carbons (Fsp3) is 0.281. The number of alkyl halides is 5. The molecule has 0 radical (unpaired) electrons. The molecule has 2 atom stereocenters. The molecule has 4 aromatic rings. The lowest BCUT2D eigenvalue weighted by Gasteiger charge is -2.22. The molecule has 1 heterocycles. The number of fused-ring (bicyclic) bond motifs is 2. The van der Waals surface area contributed by atoms with E-state index in [1.54, 1.807) is 31.2 Å².